The van der Waals surface area contributed by atoms with Crippen molar-refractivity contribution in [3.8, 4) is 0 Å². The molecule has 2 aliphatic rings. The molecule has 1 aromatic rings. The summed E-state index contributed by atoms with van der Waals surface area (Å²) in [5, 5.41) is 0. The molecule has 1 atom stereocenters. The highest BCUT2D eigenvalue weighted by molar-refractivity contribution is 7.14. The van der Waals surface area contributed by atoms with E-state index < -0.39 is 0 Å². The van der Waals surface area contributed by atoms with E-state index >= 15 is 0 Å². The molecule has 1 aliphatic carbocycles. The zero-order valence-electron chi connectivity index (χ0n) is 11.8. The first-order chi connectivity index (χ1) is 9.24. The first-order valence-corrected chi connectivity index (χ1v) is 8.46. The van der Waals surface area contributed by atoms with Gasteiger partial charge in [0, 0.05) is 18.0 Å². The van der Waals surface area contributed by atoms with E-state index in [1.165, 1.54) is 49.0 Å². The van der Waals surface area contributed by atoms with Crippen molar-refractivity contribution < 1.29 is 4.79 Å². The number of carbonyl (C=O) groups is 1. The molecule has 1 amide bonds. The van der Waals surface area contributed by atoms with Crippen molar-refractivity contribution in [2.75, 3.05) is 13.1 Å². The zero-order chi connectivity index (χ0) is 13.2. The van der Waals surface area contributed by atoms with E-state index in [1.807, 2.05) is 4.90 Å². The second-order valence-corrected chi connectivity index (χ2v) is 7.26. The molecule has 0 bridgehead atoms. The van der Waals surface area contributed by atoms with E-state index in [4.69, 9.17) is 0 Å². The summed E-state index contributed by atoms with van der Waals surface area (Å²) < 4.78 is 0. The van der Waals surface area contributed by atoms with Gasteiger partial charge in [0.1, 0.15) is 0 Å². The standard InChI is InChI=1S/C16H23NOS/c1-12-8-9-17(11-12)16(18)15-10-13-6-4-2-3-5-7-14(13)19-15/h10,12H,2-9,11H2,1H3. The predicted molar refractivity (Wildman–Crippen MR) is 79.9 cm³/mol. The van der Waals surface area contributed by atoms with Crippen LogP contribution < -0.4 is 0 Å². The molecule has 0 aromatic carbocycles. The Labute approximate surface area is 119 Å². The molecule has 0 spiro atoms. The van der Waals surface area contributed by atoms with Gasteiger partial charge in [-0.25, -0.2) is 0 Å². The third-order valence-corrected chi connectivity index (χ3v) is 5.64. The van der Waals surface area contributed by atoms with Crippen LogP contribution in [0.5, 0.6) is 0 Å². The van der Waals surface area contributed by atoms with E-state index in [1.54, 1.807) is 11.3 Å². The molecule has 104 valence electrons. The van der Waals surface area contributed by atoms with E-state index in [0.717, 1.165) is 24.4 Å². The van der Waals surface area contributed by atoms with Crippen molar-refractivity contribution in [2.24, 2.45) is 5.92 Å². The summed E-state index contributed by atoms with van der Waals surface area (Å²) in [7, 11) is 0. The number of thiophene rings is 1. The molecule has 3 rings (SSSR count). The second-order valence-electron chi connectivity index (χ2n) is 6.12. The molecule has 1 unspecified atom stereocenters. The van der Waals surface area contributed by atoms with E-state index in [2.05, 4.69) is 13.0 Å². The monoisotopic (exact) mass is 277 g/mol. The van der Waals surface area contributed by atoms with Crippen molar-refractivity contribution in [3.63, 3.8) is 0 Å². The van der Waals surface area contributed by atoms with Crippen LogP contribution in [0.3, 0.4) is 0 Å². The number of fused-ring (bicyclic) bond motifs is 1. The molecule has 1 aromatic heterocycles. The molecule has 3 heteroatoms. The first-order valence-electron chi connectivity index (χ1n) is 7.65. The first kappa shape index (κ1) is 13.2. The summed E-state index contributed by atoms with van der Waals surface area (Å²) in [6.07, 6.45) is 8.81. The van der Waals surface area contributed by atoms with E-state index in [9.17, 15) is 4.79 Å². The summed E-state index contributed by atoms with van der Waals surface area (Å²) in [5.41, 5.74) is 1.46. The summed E-state index contributed by atoms with van der Waals surface area (Å²) >= 11 is 1.76. The Morgan fingerprint density at radius 1 is 1.26 bits per heavy atom. The quantitative estimate of drug-likeness (QED) is 0.762. The smallest absolute Gasteiger partial charge is 0.263 e. The lowest BCUT2D eigenvalue weighted by Crippen LogP contribution is -2.27. The number of aryl methyl sites for hydroxylation is 2. The molecule has 1 aliphatic heterocycles. The van der Waals surface area contributed by atoms with Gasteiger partial charge in [0.2, 0.25) is 0 Å². The van der Waals surface area contributed by atoms with Crippen molar-refractivity contribution in [1.82, 2.24) is 4.90 Å². The Balaban J connectivity index is 1.77. The van der Waals surface area contributed by atoms with Gasteiger partial charge in [-0.2, -0.15) is 0 Å². The summed E-state index contributed by atoms with van der Waals surface area (Å²) in [5.74, 6) is 0.950. The van der Waals surface area contributed by atoms with Crippen LogP contribution in [0.1, 0.15) is 59.1 Å². The molecule has 1 saturated heterocycles. The number of hydrogen-bond donors (Lipinski definition) is 0. The lowest BCUT2D eigenvalue weighted by Gasteiger charge is -2.14. The highest BCUT2D eigenvalue weighted by Gasteiger charge is 2.26. The van der Waals surface area contributed by atoms with Crippen LogP contribution in [0.25, 0.3) is 0 Å². The Kier molecular flexibility index (Phi) is 3.92. The van der Waals surface area contributed by atoms with Crippen LogP contribution in [0.15, 0.2) is 6.07 Å². The molecule has 2 heterocycles. The highest BCUT2D eigenvalue weighted by atomic mass is 32.1. The van der Waals surface area contributed by atoms with Gasteiger partial charge in [-0.3, -0.25) is 4.79 Å². The van der Waals surface area contributed by atoms with Crippen LogP contribution in [0.4, 0.5) is 0 Å². The second kappa shape index (κ2) is 5.66. The van der Waals surface area contributed by atoms with Gasteiger partial charge in [0.15, 0.2) is 0 Å². The average molecular weight is 277 g/mol. The molecule has 0 N–H and O–H groups in total. The molecule has 1 fully saturated rings. The minimum absolute atomic E-state index is 0.279. The summed E-state index contributed by atoms with van der Waals surface area (Å²) in [4.78, 5) is 17.0. The lowest BCUT2D eigenvalue weighted by molar-refractivity contribution is 0.0793. The zero-order valence-corrected chi connectivity index (χ0v) is 12.6. The van der Waals surface area contributed by atoms with E-state index in [-0.39, 0.29) is 5.91 Å². The predicted octanol–water partition coefficient (Wildman–Crippen LogP) is 3.89. The van der Waals surface area contributed by atoms with Crippen molar-refractivity contribution >= 4 is 17.2 Å². The normalized spacial score (nSPS) is 23.8. The van der Waals surface area contributed by atoms with Crippen LogP contribution in [0.2, 0.25) is 0 Å². The molecule has 0 radical (unpaired) electrons. The number of amides is 1. The summed E-state index contributed by atoms with van der Waals surface area (Å²) in [6, 6.07) is 2.19. The van der Waals surface area contributed by atoms with Gasteiger partial charge in [0.05, 0.1) is 4.88 Å². The summed E-state index contributed by atoms with van der Waals surface area (Å²) in [6.45, 7) is 4.13. The molecule has 2 nitrogen and oxygen atoms in total. The van der Waals surface area contributed by atoms with Gasteiger partial charge in [0.25, 0.3) is 5.91 Å². The molecule has 19 heavy (non-hydrogen) atoms. The molecular weight excluding hydrogens is 254 g/mol. The fourth-order valence-electron chi connectivity index (χ4n) is 3.22. The van der Waals surface area contributed by atoms with Gasteiger partial charge in [-0.15, -0.1) is 11.3 Å². The van der Waals surface area contributed by atoms with Gasteiger partial charge >= 0.3 is 0 Å². The Bertz CT molecular complexity index is 440. The Morgan fingerprint density at radius 3 is 2.79 bits per heavy atom. The maximum absolute atomic E-state index is 12.5. The molecule has 0 saturated carbocycles. The SMILES string of the molecule is CC1CCN(C(=O)c2cc3c(s2)CCCCCC3)C1. The van der Waals surface area contributed by atoms with E-state index in [0.29, 0.717) is 5.92 Å². The Morgan fingerprint density at radius 2 is 2.05 bits per heavy atom. The fourth-order valence-corrected chi connectivity index (χ4v) is 4.45. The van der Waals surface area contributed by atoms with Crippen molar-refractivity contribution in [1.29, 1.82) is 0 Å². The number of rotatable bonds is 1. The van der Waals surface area contributed by atoms with Crippen LogP contribution >= 0.6 is 11.3 Å². The van der Waals surface area contributed by atoms with Gasteiger partial charge in [-0.1, -0.05) is 19.8 Å². The fraction of sp³-hybridized carbons (Fsp3) is 0.688. The third kappa shape index (κ3) is 2.86. The van der Waals surface area contributed by atoms with Crippen LogP contribution in [-0.4, -0.2) is 23.9 Å². The maximum Gasteiger partial charge on any atom is 0.263 e. The number of likely N-dealkylation sites (tertiary alicyclic amines) is 1. The average Bonchev–Trinajstić information content (AvgIpc) is 2.95. The number of carbonyl (C=O) groups excluding carboxylic acids is 1. The van der Waals surface area contributed by atoms with Gasteiger partial charge < -0.3 is 4.90 Å². The Hall–Kier alpha value is -0.830. The van der Waals surface area contributed by atoms with Gasteiger partial charge in [-0.05, 0) is 49.7 Å². The van der Waals surface area contributed by atoms with Crippen LogP contribution in [0, 0.1) is 5.92 Å². The molecular formula is C16H23NOS. The number of hydrogen-bond acceptors (Lipinski definition) is 2. The topological polar surface area (TPSA) is 20.3 Å². The minimum atomic E-state index is 0.279. The largest absolute Gasteiger partial charge is 0.338 e. The van der Waals surface area contributed by atoms with Crippen molar-refractivity contribution in [3.05, 3.63) is 21.4 Å². The third-order valence-electron chi connectivity index (χ3n) is 4.42. The minimum Gasteiger partial charge on any atom is -0.338 e. The maximum atomic E-state index is 12.5. The number of nitrogens with zero attached hydrogens (tertiary/aromatic N) is 1. The highest BCUT2D eigenvalue weighted by Crippen LogP contribution is 2.30. The van der Waals surface area contributed by atoms with Crippen molar-refractivity contribution in [2.45, 2.75) is 51.9 Å². The lowest BCUT2D eigenvalue weighted by atomic mass is 10.00. The van der Waals surface area contributed by atoms with Crippen LogP contribution in [-0.2, 0) is 12.8 Å².